The summed E-state index contributed by atoms with van der Waals surface area (Å²) in [7, 11) is 0. The van der Waals surface area contributed by atoms with Gasteiger partial charge in [0.2, 0.25) is 5.91 Å². The monoisotopic (exact) mass is 331 g/mol. The maximum absolute atomic E-state index is 12.3. The number of hydrogen-bond donors (Lipinski definition) is 1. The number of rotatable bonds is 7. The molecule has 2 rings (SSSR count). The molecule has 0 unspecified atom stereocenters. The topological polar surface area (TPSA) is 57.6 Å². The molecule has 0 saturated carbocycles. The normalized spacial score (nSPS) is 16.9. The fourth-order valence-electron chi connectivity index (χ4n) is 3.30. The number of hydrogen-bond acceptors (Lipinski definition) is 3. The van der Waals surface area contributed by atoms with Gasteiger partial charge in [-0.25, -0.2) is 0 Å². The third-order valence-corrected chi connectivity index (χ3v) is 5.51. The molecule has 0 atom stereocenters. The highest BCUT2D eigenvalue weighted by atomic mass is 16.3. The van der Waals surface area contributed by atoms with Crippen LogP contribution < -0.4 is 0 Å². The van der Waals surface area contributed by atoms with Crippen LogP contribution in [0, 0.1) is 5.41 Å². The van der Waals surface area contributed by atoms with Crippen LogP contribution in [0.15, 0.2) is 24.3 Å². The molecule has 0 radical (unpaired) electrons. The van der Waals surface area contributed by atoms with Crippen LogP contribution in [-0.2, 0) is 11.2 Å². The third kappa shape index (κ3) is 4.44. The fourth-order valence-corrected chi connectivity index (χ4v) is 3.30. The number of carbonyl (C=O) groups is 2. The van der Waals surface area contributed by atoms with Gasteiger partial charge in [0.05, 0.1) is 0 Å². The summed E-state index contributed by atoms with van der Waals surface area (Å²) in [6.45, 7) is 5.74. The van der Waals surface area contributed by atoms with Gasteiger partial charge in [-0.05, 0) is 36.7 Å². The van der Waals surface area contributed by atoms with Crippen molar-refractivity contribution >= 4 is 11.7 Å². The Labute approximate surface area is 144 Å². The number of carbonyl (C=O) groups excluding carboxylic acids is 2. The van der Waals surface area contributed by atoms with Crippen LogP contribution in [0.25, 0.3) is 0 Å². The smallest absolute Gasteiger partial charge is 0.223 e. The molecule has 1 fully saturated rings. The second kappa shape index (κ2) is 8.43. The number of nitrogens with zero attached hydrogens (tertiary/aromatic N) is 1. The number of amides is 1. The second-order valence-electron chi connectivity index (χ2n) is 6.87. The number of likely N-dealkylation sites (tertiary alicyclic amines) is 1. The molecule has 1 amide bonds. The number of aryl methyl sites for hydroxylation is 1. The van der Waals surface area contributed by atoms with Gasteiger partial charge in [0.1, 0.15) is 0 Å². The van der Waals surface area contributed by atoms with Crippen molar-refractivity contribution in [3.05, 3.63) is 35.4 Å². The molecular weight excluding hydrogens is 302 g/mol. The summed E-state index contributed by atoms with van der Waals surface area (Å²) < 4.78 is 0. The summed E-state index contributed by atoms with van der Waals surface area (Å²) in [4.78, 5) is 26.4. The summed E-state index contributed by atoms with van der Waals surface area (Å²) in [6.07, 6.45) is 4.12. The van der Waals surface area contributed by atoms with Crippen molar-refractivity contribution in [2.75, 3.05) is 19.7 Å². The minimum absolute atomic E-state index is 0.0202. The van der Waals surface area contributed by atoms with Crippen LogP contribution >= 0.6 is 0 Å². The van der Waals surface area contributed by atoms with Crippen molar-refractivity contribution in [3.63, 3.8) is 0 Å². The van der Waals surface area contributed by atoms with Gasteiger partial charge in [-0.3, -0.25) is 9.59 Å². The molecule has 1 aliphatic rings. The molecule has 1 aliphatic heterocycles. The summed E-state index contributed by atoms with van der Waals surface area (Å²) in [6, 6.07) is 7.64. The highest BCUT2D eigenvalue weighted by molar-refractivity contribution is 5.98. The Morgan fingerprint density at radius 3 is 2.21 bits per heavy atom. The standard InChI is InChI=1S/C20H29NO3/c1-3-16-5-7-17(8-6-16)18(23)9-10-19(24)21-13-11-20(4-2,15-22)12-14-21/h5-8,22H,3-4,9-15H2,1-2H3. The zero-order chi connectivity index (χ0) is 17.6. The number of piperidine rings is 1. The molecule has 1 saturated heterocycles. The lowest BCUT2D eigenvalue weighted by Crippen LogP contribution is -2.44. The lowest BCUT2D eigenvalue weighted by Gasteiger charge is -2.40. The Morgan fingerprint density at radius 2 is 1.71 bits per heavy atom. The van der Waals surface area contributed by atoms with Gasteiger partial charge in [-0.2, -0.15) is 0 Å². The van der Waals surface area contributed by atoms with Crippen LogP contribution in [0.1, 0.15) is 61.9 Å². The van der Waals surface area contributed by atoms with Crippen molar-refractivity contribution in [2.45, 2.75) is 52.4 Å². The zero-order valence-electron chi connectivity index (χ0n) is 14.9. The van der Waals surface area contributed by atoms with Crippen molar-refractivity contribution in [1.82, 2.24) is 4.90 Å². The molecule has 1 aromatic rings. The van der Waals surface area contributed by atoms with E-state index in [-0.39, 0.29) is 36.6 Å². The van der Waals surface area contributed by atoms with Crippen molar-refractivity contribution in [1.29, 1.82) is 0 Å². The van der Waals surface area contributed by atoms with Crippen molar-refractivity contribution in [2.24, 2.45) is 5.41 Å². The van der Waals surface area contributed by atoms with E-state index in [1.807, 2.05) is 29.2 Å². The van der Waals surface area contributed by atoms with Crippen LogP contribution in [-0.4, -0.2) is 41.4 Å². The van der Waals surface area contributed by atoms with Gasteiger partial charge in [0, 0.05) is 38.1 Å². The Morgan fingerprint density at radius 1 is 1.08 bits per heavy atom. The van der Waals surface area contributed by atoms with E-state index in [1.54, 1.807) is 0 Å². The van der Waals surface area contributed by atoms with Gasteiger partial charge < -0.3 is 10.0 Å². The average Bonchev–Trinajstić information content (AvgIpc) is 2.66. The summed E-state index contributed by atoms with van der Waals surface area (Å²) >= 11 is 0. The van der Waals surface area contributed by atoms with Crippen LogP contribution in [0.5, 0.6) is 0 Å². The second-order valence-corrected chi connectivity index (χ2v) is 6.87. The first kappa shape index (κ1) is 18.7. The summed E-state index contributed by atoms with van der Waals surface area (Å²) in [5.41, 5.74) is 1.87. The van der Waals surface area contributed by atoms with Crippen LogP contribution in [0.3, 0.4) is 0 Å². The predicted molar refractivity (Wildman–Crippen MR) is 95.0 cm³/mol. The SMILES string of the molecule is CCc1ccc(C(=O)CCC(=O)N2CCC(CC)(CO)CC2)cc1. The molecule has 24 heavy (non-hydrogen) atoms. The van der Waals surface area contributed by atoms with Crippen molar-refractivity contribution < 1.29 is 14.7 Å². The first-order valence-corrected chi connectivity index (χ1v) is 9.04. The number of benzene rings is 1. The number of Topliss-reactive ketones (excluding diaryl/α,β-unsaturated/α-hetero) is 1. The van der Waals surface area contributed by atoms with E-state index >= 15 is 0 Å². The van der Waals surface area contributed by atoms with Crippen LogP contribution in [0.4, 0.5) is 0 Å². The largest absolute Gasteiger partial charge is 0.396 e. The van der Waals surface area contributed by atoms with Gasteiger partial charge in [0.15, 0.2) is 5.78 Å². The first-order chi connectivity index (χ1) is 11.5. The average molecular weight is 331 g/mol. The fraction of sp³-hybridized carbons (Fsp3) is 0.600. The lowest BCUT2D eigenvalue weighted by molar-refractivity contribution is -0.134. The van der Waals surface area contributed by atoms with Crippen LogP contribution in [0.2, 0.25) is 0 Å². The maximum atomic E-state index is 12.3. The Kier molecular flexibility index (Phi) is 6.55. The Bertz CT molecular complexity index is 551. The molecule has 132 valence electrons. The number of aliphatic hydroxyl groups excluding tert-OH is 1. The van der Waals surface area contributed by atoms with E-state index in [1.165, 1.54) is 5.56 Å². The van der Waals surface area contributed by atoms with E-state index in [9.17, 15) is 14.7 Å². The molecule has 1 heterocycles. The van der Waals surface area contributed by atoms with E-state index in [0.29, 0.717) is 18.7 Å². The van der Waals surface area contributed by atoms with E-state index in [2.05, 4.69) is 13.8 Å². The number of aliphatic hydroxyl groups is 1. The Balaban J connectivity index is 1.81. The maximum Gasteiger partial charge on any atom is 0.223 e. The minimum Gasteiger partial charge on any atom is -0.396 e. The summed E-state index contributed by atoms with van der Waals surface area (Å²) in [5, 5.41) is 9.56. The summed E-state index contributed by atoms with van der Waals surface area (Å²) in [5.74, 6) is 0.0810. The van der Waals surface area contributed by atoms with Gasteiger partial charge in [0.25, 0.3) is 0 Å². The van der Waals surface area contributed by atoms with Gasteiger partial charge >= 0.3 is 0 Å². The van der Waals surface area contributed by atoms with E-state index in [4.69, 9.17) is 0 Å². The predicted octanol–water partition coefficient (Wildman–Crippen LogP) is 3.22. The first-order valence-electron chi connectivity index (χ1n) is 9.04. The molecule has 4 heteroatoms. The zero-order valence-corrected chi connectivity index (χ0v) is 14.9. The minimum atomic E-state index is -0.0202. The molecule has 0 spiro atoms. The molecule has 1 N–H and O–H groups in total. The van der Waals surface area contributed by atoms with E-state index in [0.717, 1.165) is 25.7 Å². The molecule has 0 aromatic heterocycles. The lowest BCUT2D eigenvalue weighted by atomic mass is 9.77. The van der Waals surface area contributed by atoms with Crippen molar-refractivity contribution in [3.8, 4) is 0 Å². The molecular formula is C20H29NO3. The highest BCUT2D eigenvalue weighted by Crippen LogP contribution is 2.34. The van der Waals surface area contributed by atoms with Gasteiger partial charge in [-0.1, -0.05) is 38.1 Å². The Hall–Kier alpha value is -1.68. The van der Waals surface area contributed by atoms with Gasteiger partial charge in [-0.15, -0.1) is 0 Å². The quantitative estimate of drug-likeness (QED) is 0.781. The third-order valence-electron chi connectivity index (χ3n) is 5.51. The highest BCUT2D eigenvalue weighted by Gasteiger charge is 2.33. The molecule has 1 aromatic carbocycles. The molecule has 0 bridgehead atoms. The molecule has 0 aliphatic carbocycles. The molecule has 4 nitrogen and oxygen atoms in total. The number of ketones is 1. The van der Waals surface area contributed by atoms with E-state index < -0.39 is 0 Å².